The van der Waals surface area contributed by atoms with E-state index in [-0.39, 0.29) is 29.6 Å². The molecule has 5 rings (SSSR count). The molecule has 9 nitrogen and oxygen atoms in total. The van der Waals surface area contributed by atoms with Gasteiger partial charge in [-0.05, 0) is 49.4 Å². The van der Waals surface area contributed by atoms with Crippen LogP contribution in [0.3, 0.4) is 0 Å². The van der Waals surface area contributed by atoms with Crippen molar-refractivity contribution in [3.8, 4) is 0 Å². The quantitative estimate of drug-likeness (QED) is 0.0865. The Morgan fingerprint density at radius 2 is 1.68 bits per heavy atom. The first kappa shape index (κ1) is 37.6. The Labute approximate surface area is 301 Å². The third kappa shape index (κ3) is 8.61. The number of nitrogens with one attached hydrogen (secondary N) is 1. The van der Waals surface area contributed by atoms with Gasteiger partial charge < -0.3 is 19.4 Å². The zero-order chi connectivity index (χ0) is 35.9. The Balaban J connectivity index is 1.37. The van der Waals surface area contributed by atoms with Crippen LogP contribution in [0, 0.1) is 5.41 Å². The number of ketones is 1. The highest BCUT2D eigenvalue weighted by Gasteiger charge is 2.56. The van der Waals surface area contributed by atoms with E-state index >= 15 is 0 Å². The normalized spacial score (nSPS) is 15.1. The SMILES string of the molecule is CCCCCCCCCC(OC(C)(C)C1(n2cc(C(=O)c3cncc(NC(=O)Cc4ccc(Cl)cc4)c3)c3cncnc32)COC1)C(C)(C)C. The molecular weight excluding hydrogens is 650 g/mol. The minimum atomic E-state index is -0.655. The number of anilines is 1. The van der Waals surface area contributed by atoms with Gasteiger partial charge in [0.15, 0.2) is 5.78 Å². The van der Waals surface area contributed by atoms with E-state index in [2.05, 4.69) is 66.4 Å². The Morgan fingerprint density at radius 1 is 0.980 bits per heavy atom. The summed E-state index contributed by atoms with van der Waals surface area (Å²) in [6.45, 7) is 14.1. The maximum Gasteiger partial charge on any atom is 0.228 e. The van der Waals surface area contributed by atoms with Gasteiger partial charge in [-0.15, -0.1) is 0 Å². The summed E-state index contributed by atoms with van der Waals surface area (Å²) in [5, 5.41) is 4.11. The van der Waals surface area contributed by atoms with Crippen molar-refractivity contribution < 1.29 is 19.1 Å². The van der Waals surface area contributed by atoms with Crippen molar-refractivity contribution in [3.05, 3.63) is 83.2 Å². The smallest absolute Gasteiger partial charge is 0.228 e. The van der Waals surface area contributed by atoms with E-state index in [1.165, 1.54) is 57.2 Å². The highest BCUT2D eigenvalue weighted by molar-refractivity contribution is 6.30. The molecule has 1 aromatic carbocycles. The number of carbonyl (C=O) groups excluding carboxylic acids is 2. The summed E-state index contributed by atoms with van der Waals surface area (Å²) >= 11 is 5.98. The zero-order valence-corrected chi connectivity index (χ0v) is 31.2. The van der Waals surface area contributed by atoms with Crippen molar-refractivity contribution in [1.29, 1.82) is 0 Å². The van der Waals surface area contributed by atoms with E-state index in [0.29, 0.717) is 46.1 Å². The lowest BCUT2D eigenvalue weighted by atomic mass is 9.78. The number of halogens is 1. The van der Waals surface area contributed by atoms with Crippen LogP contribution in [0.1, 0.15) is 114 Å². The van der Waals surface area contributed by atoms with Crippen LogP contribution in [0.2, 0.25) is 5.02 Å². The average Bonchev–Trinajstić information content (AvgIpc) is 3.43. The maximum atomic E-state index is 14.2. The summed E-state index contributed by atoms with van der Waals surface area (Å²) in [5.74, 6) is -0.469. The Hall–Kier alpha value is -3.66. The monoisotopic (exact) mass is 701 g/mol. The molecule has 50 heavy (non-hydrogen) atoms. The van der Waals surface area contributed by atoms with Crippen molar-refractivity contribution in [2.24, 2.45) is 5.41 Å². The van der Waals surface area contributed by atoms with Crippen LogP contribution in [0.25, 0.3) is 11.0 Å². The molecule has 4 aromatic rings. The van der Waals surface area contributed by atoms with Crippen LogP contribution in [0.4, 0.5) is 5.69 Å². The molecule has 0 spiro atoms. The van der Waals surface area contributed by atoms with Crippen molar-refractivity contribution in [3.63, 3.8) is 0 Å². The molecule has 1 N–H and O–H groups in total. The first-order valence-corrected chi connectivity index (χ1v) is 18.3. The number of pyridine rings is 1. The van der Waals surface area contributed by atoms with Gasteiger partial charge >= 0.3 is 0 Å². The second-order valence-corrected chi connectivity index (χ2v) is 15.7. The summed E-state index contributed by atoms with van der Waals surface area (Å²) in [6.07, 6.45) is 18.0. The van der Waals surface area contributed by atoms with Crippen molar-refractivity contribution in [2.75, 3.05) is 18.5 Å². The van der Waals surface area contributed by atoms with Gasteiger partial charge in [-0.3, -0.25) is 14.6 Å². The van der Waals surface area contributed by atoms with Crippen molar-refractivity contribution in [2.45, 2.75) is 117 Å². The van der Waals surface area contributed by atoms with E-state index in [4.69, 9.17) is 21.1 Å². The summed E-state index contributed by atoms with van der Waals surface area (Å²) in [5.41, 5.74) is 1.38. The molecule has 4 heterocycles. The van der Waals surface area contributed by atoms with E-state index in [0.717, 1.165) is 18.4 Å². The number of hydrogen-bond donors (Lipinski definition) is 1. The lowest BCUT2D eigenvalue weighted by Crippen LogP contribution is -2.66. The van der Waals surface area contributed by atoms with Gasteiger partial charge in [0.25, 0.3) is 0 Å². The lowest BCUT2D eigenvalue weighted by molar-refractivity contribution is -0.241. The van der Waals surface area contributed by atoms with Crippen molar-refractivity contribution in [1.82, 2.24) is 19.5 Å². The van der Waals surface area contributed by atoms with Gasteiger partial charge in [-0.25, -0.2) is 9.97 Å². The minimum absolute atomic E-state index is 0.0342. The minimum Gasteiger partial charge on any atom is -0.376 e. The lowest BCUT2D eigenvalue weighted by Gasteiger charge is -2.54. The maximum absolute atomic E-state index is 14.2. The summed E-state index contributed by atoms with van der Waals surface area (Å²) in [6, 6.07) is 8.76. The van der Waals surface area contributed by atoms with Crippen molar-refractivity contribution >= 4 is 40.0 Å². The van der Waals surface area contributed by atoms with Gasteiger partial charge in [0.05, 0.1) is 48.8 Å². The van der Waals surface area contributed by atoms with Gasteiger partial charge in [0.2, 0.25) is 5.91 Å². The zero-order valence-electron chi connectivity index (χ0n) is 30.4. The Kier molecular flexibility index (Phi) is 12.1. The third-order valence-corrected chi connectivity index (χ3v) is 10.3. The Morgan fingerprint density at radius 3 is 2.34 bits per heavy atom. The van der Waals surface area contributed by atoms with Crippen LogP contribution in [-0.4, -0.2) is 56.1 Å². The molecule has 1 unspecified atom stereocenters. The van der Waals surface area contributed by atoms with Crippen LogP contribution in [0.5, 0.6) is 0 Å². The molecule has 1 amide bonds. The van der Waals surface area contributed by atoms with E-state index < -0.39 is 11.1 Å². The Bertz CT molecular complexity index is 1760. The molecule has 3 aromatic heterocycles. The number of unbranched alkanes of at least 4 members (excludes halogenated alkanes) is 6. The van der Waals surface area contributed by atoms with Gasteiger partial charge in [-0.1, -0.05) is 96.4 Å². The molecule has 0 radical (unpaired) electrons. The molecule has 1 fully saturated rings. The van der Waals surface area contributed by atoms with E-state index in [9.17, 15) is 9.59 Å². The summed E-state index contributed by atoms with van der Waals surface area (Å²) < 4.78 is 15.1. The van der Waals surface area contributed by atoms with Crippen LogP contribution < -0.4 is 5.32 Å². The topological polar surface area (TPSA) is 108 Å². The second kappa shape index (κ2) is 16.1. The number of nitrogens with zero attached hydrogens (tertiary/aromatic N) is 4. The number of carbonyl (C=O) groups is 2. The molecule has 1 atom stereocenters. The largest absolute Gasteiger partial charge is 0.376 e. The molecule has 1 aliphatic rings. The average molecular weight is 702 g/mol. The van der Waals surface area contributed by atoms with Gasteiger partial charge in [0.1, 0.15) is 17.5 Å². The molecule has 10 heteroatoms. The molecule has 0 saturated carbocycles. The number of aromatic nitrogens is 4. The van der Waals surface area contributed by atoms with E-state index in [1.807, 2.05) is 18.3 Å². The number of ether oxygens (including phenoxy) is 2. The predicted molar refractivity (Wildman–Crippen MR) is 199 cm³/mol. The summed E-state index contributed by atoms with van der Waals surface area (Å²) in [4.78, 5) is 40.2. The molecule has 1 saturated heterocycles. The first-order valence-electron chi connectivity index (χ1n) is 18.0. The highest BCUT2D eigenvalue weighted by atomic mass is 35.5. The number of amides is 1. The third-order valence-electron chi connectivity index (χ3n) is 10.0. The van der Waals surface area contributed by atoms with Crippen LogP contribution in [0.15, 0.2) is 61.4 Å². The number of rotatable bonds is 17. The van der Waals surface area contributed by atoms with E-state index in [1.54, 1.807) is 24.4 Å². The number of benzene rings is 1. The fourth-order valence-corrected chi connectivity index (χ4v) is 6.87. The molecule has 0 aliphatic carbocycles. The van der Waals surface area contributed by atoms with Gasteiger partial charge in [-0.2, -0.15) is 0 Å². The second-order valence-electron chi connectivity index (χ2n) is 15.2. The highest BCUT2D eigenvalue weighted by Crippen LogP contribution is 2.45. The molecular formula is C40H52ClN5O4. The fraction of sp³-hybridized carbons (Fsp3) is 0.525. The number of fused-ring (bicyclic) bond motifs is 1. The standard InChI is InChI=1S/C40H52ClN5O4/c1-7-8-9-10-11-12-13-14-34(38(2,3)4)50-39(5,6)40(25-49-26-40)46-24-33(32-23-43-27-44-37(32)46)36(48)29-20-31(22-42-21-29)45-35(47)19-28-15-17-30(41)18-16-28/h15-18,20-24,27,34H,7-14,19,25-26H2,1-6H3,(H,45,47). The molecule has 268 valence electrons. The number of hydrogen-bond acceptors (Lipinski definition) is 7. The van der Waals surface area contributed by atoms with Gasteiger partial charge in [0, 0.05) is 34.6 Å². The molecule has 0 bridgehead atoms. The summed E-state index contributed by atoms with van der Waals surface area (Å²) in [7, 11) is 0. The van der Waals surface area contributed by atoms with Crippen LogP contribution >= 0.6 is 11.6 Å². The van der Waals surface area contributed by atoms with Crippen LogP contribution in [-0.2, 0) is 26.2 Å². The fourth-order valence-electron chi connectivity index (χ4n) is 6.75. The first-order chi connectivity index (χ1) is 23.8. The predicted octanol–water partition coefficient (Wildman–Crippen LogP) is 8.97. The molecule has 1 aliphatic heterocycles.